The van der Waals surface area contributed by atoms with E-state index in [1.807, 2.05) is 0 Å². The van der Waals surface area contributed by atoms with Crippen molar-refractivity contribution >= 4 is 0 Å². The minimum absolute atomic E-state index is 0.308. The van der Waals surface area contributed by atoms with Gasteiger partial charge in [-0.15, -0.1) is 0 Å². The molecule has 0 amide bonds. The molecule has 0 spiro atoms. The average molecular weight is 198 g/mol. The largest absolute Gasteiger partial charge is 0.310 e. The zero-order valence-corrected chi connectivity index (χ0v) is 10.1. The summed E-state index contributed by atoms with van der Waals surface area (Å²) >= 11 is 0. The molecule has 0 bridgehead atoms. The minimum Gasteiger partial charge on any atom is -0.310 e. The van der Waals surface area contributed by atoms with Gasteiger partial charge in [0.05, 0.1) is 0 Å². The van der Waals surface area contributed by atoms with E-state index in [4.69, 9.17) is 0 Å². The highest BCUT2D eigenvalue weighted by Gasteiger charge is 2.23. The van der Waals surface area contributed by atoms with Crippen LogP contribution < -0.4 is 5.32 Å². The van der Waals surface area contributed by atoms with Crippen LogP contribution in [0.15, 0.2) is 0 Å². The third-order valence-corrected chi connectivity index (χ3v) is 2.95. The van der Waals surface area contributed by atoms with Crippen LogP contribution in [-0.2, 0) is 0 Å². The van der Waals surface area contributed by atoms with Crippen molar-refractivity contribution in [2.45, 2.75) is 52.0 Å². The molecule has 1 heterocycles. The molecular formula is C12H26N2. The zero-order chi connectivity index (χ0) is 10.4. The van der Waals surface area contributed by atoms with Gasteiger partial charge in [-0.2, -0.15) is 0 Å². The number of hydrogen-bond donors (Lipinski definition) is 1. The molecule has 0 aromatic rings. The summed E-state index contributed by atoms with van der Waals surface area (Å²) in [6.07, 6.45) is 5.38. The number of unbranched alkanes of at least 4 members (excludes halogenated alkanes) is 2. The Bertz CT molecular complexity index is 154. The van der Waals surface area contributed by atoms with E-state index >= 15 is 0 Å². The first-order valence-corrected chi connectivity index (χ1v) is 6.11. The highest BCUT2D eigenvalue weighted by molar-refractivity contribution is 4.84. The summed E-state index contributed by atoms with van der Waals surface area (Å²) in [5, 5.41) is 3.60. The molecule has 0 aliphatic carbocycles. The van der Waals surface area contributed by atoms with Gasteiger partial charge in [0.1, 0.15) is 0 Å². The lowest BCUT2D eigenvalue weighted by Gasteiger charge is -2.29. The molecule has 0 saturated carbocycles. The molecule has 1 N–H and O–H groups in total. The van der Waals surface area contributed by atoms with Gasteiger partial charge in [0.25, 0.3) is 0 Å². The number of rotatable bonds is 4. The standard InChI is InChI=1S/C12H26N2/c1-4-5-6-9-14-10-7-8-13-12(2,3)11-14/h13H,4-11H2,1-3H3. The lowest BCUT2D eigenvalue weighted by molar-refractivity contribution is 0.227. The van der Waals surface area contributed by atoms with E-state index < -0.39 is 0 Å². The Labute approximate surface area is 89.1 Å². The molecular weight excluding hydrogens is 172 g/mol. The van der Waals surface area contributed by atoms with Gasteiger partial charge < -0.3 is 10.2 Å². The van der Waals surface area contributed by atoms with Crippen LogP contribution in [0.2, 0.25) is 0 Å². The van der Waals surface area contributed by atoms with E-state index in [2.05, 4.69) is 31.0 Å². The topological polar surface area (TPSA) is 15.3 Å². The summed E-state index contributed by atoms with van der Waals surface area (Å²) in [7, 11) is 0. The molecule has 2 nitrogen and oxygen atoms in total. The first-order chi connectivity index (χ1) is 6.64. The Morgan fingerprint density at radius 2 is 2.07 bits per heavy atom. The Morgan fingerprint density at radius 1 is 1.29 bits per heavy atom. The van der Waals surface area contributed by atoms with Crippen LogP contribution >= 0.6 is 0 Å². The van der Waals surface area contributed by atoms with Crippen molar-refractivity contribution in [2.75, 3.05) is 26.2 Å². The molecule has 1 fully saturated rings. The number of hydrogen-bond acceptors (Lipinski definition) is 2. The molecule has 0 radical (unpaired) electrons. The SMILES string of the molecule is CCCCCN1CCCNC(C)(C)C1. The van der Waals surface area contributed by atoms with Crippen molar-refractivity contribution in [1.82, 2.24) is 10.2 Å². The summed E-state index contributed by atoms with van der Waals surface area (Å²) in [5.41, 5.74) is 0.308. The van der Waals surface area contributed by atoms with Crippen LogP contribution in [0.1, 0.15) is 46.5 Å². The van der Waals surface area contributed by atoms with E-state index in [9.17, 15) is 0 Å². The first-order valence-electron chi connectivity index (χ1n) is 6.11. The van der Waals surface area contributed by atoms with E-state index in [0.717, 1.165) is 0 Å². The van der Waals surface area contributed by atoms with Gasteiger partial charge in [-0.3, -0.25) is 0 Å². The van der Waals surface area contributed by atoms with Gasteiger partial charge >= 0.3 is 0 Å². The van der Waals surface area contributed by atoms with Crippen molar-refractivity contribution in [2.24, 2.45) is 0 Å². The van der Waals surface area contributed by atoms with Crippen LogP contribution in [0, 0.1) is 0 Å². The predicted octanol–water partition coefficient (Wildman–Crippen LogP) is 2.25. The highest BCUT2D eigenvalue weighted by atomic mass is 15.2. The van der Waals surface area contributed by atoms with Crippen LogP contribution in [0.4, 0.5) is 0 Å². The van der Waals surface area contributed by atoms with Crippen molar-refractivity contribution in [1.29, 1.82) is 0 Å². The molecule has 0 unspecified atom stereocenters. The highest BCUT2D eigenvalue weighted by Crippen LogP contribution is 2.11. The Kier molecular flexibility index (Phi) is 4.90. The van der Waals surface area contributed by atoms with Gasteiger partial charge in [0, 0.05) is 12.1 Å². The number of nitrogens with one attached hydrogen (secondary N) is 1. The third kappa shape index (κ3) is 4.43. The Hall–Kier alpha value is -0.0800. The normalized spacial score (nSPS) is 23.4. The molecule has 2 heteroatoms. The summed E-state index contributed by atoms with van der Waals surface area (Å²) in [6.45, 7) is 11.8. The van der Waals surface area contributed by atoms with Crippen molar-refractivity contribution in [3.8, 4) is 0 Å². The van der Waals surface area contributed by atoms with Crippen molar-refractivity contribution in [3.05, 3.63) is 0 Å². The van der Waals surface area contributed by atoms with Gasteiger partial charge in [0.2, 0.25) is 0 Å². The molecule has 14 heavy (non-hydrogen) atoms. The molecule has 1 saturated heterocycles. The smallest absolute Gasteiger partial charge is 0.0252 e. The lowest BCUT2D eigenvalue weighted by Crippen LogP contribution is -2.46. The van der Waals surface area contributed by atoms with E-state index in [1.54, 1.807) is 0 Å². The summed E-state index contributed by atoms with van der Waals surface area (Å²) in [5.74, 6) is 0. The second-order valence-electron chi connectivity index (χ2n) is 5.15. The van der Waals surface area contributed by atoms with Crippen LogP contribution in [0.25, 0.3) is 0 Å². The van der Waals surface area contributed by atoms with Gasteiger partial charge in [-0.25, -0.2) is 0 Å². The van der Waals surface area contributed by atoms with Crippen LogP contribution in [-0.4, -0.2) is 36.6 Å². The fourth-order valence-corrected chi connectivity index (χ4v) is 2.20. The van der Waals surface area contributed by atoms with E-state index in [1.165, 1.54) is 51.9 Å². The maximum absolute atomic E-state index is 3.60. The minimum atomic E-state index is 0.308. The van der Waals surface area contributed by atoms with Crippen molar-refractivity contribution in [3.63, 3.8) is 0 Å². The summed E-state index contributed by atoms with van der Waals surface area (Å²) in [6, 6.07) is 0. The predicted molar refractivity (Wildman–Crippen MR) is 62.7 cm³/mol. The summed E-state index contributed by atoms with van der Waals surface area (Å²) in [4.78, 5) is 2.62. The quantitative estimate of drug-likeness (QED) is 0.697. The lowest BCUT2D eigenvalue weighted by atomic mass is 10.1. The van der Waals surface area contributed by atoms with Gasteiger partial charge in [0.15, 0.2) is 0 Å². The zero-order valence-electron chi connectivity index (χ0n) is 10.1. The Balaban J connectivity index is 2.28. The summed E-state index contributed by atoms with van der Waals surface area (Å²) < 4.78 is 0. The van der Waals surface area contributed by atoms with Gasteiger partial charge in [-0.05, 0) is 46.3 Å². The first kappa shape index (κ1) is 12.0. The van der Waals surface area contributed by atoms with Crippen molar-refractivity contribution < 1.29 is 0 Å². The maximum atomic E-state index is 3.60. The van der Waals surface area contributed by atoms with Gasteiger partial charge in [-0.1, -0.05) is 19.8 Å². The molecule has 1 rings (SSSR count). The molecule has 0 atom stereocenters. The molecule has 0 aromatic carbocycles. The molecule has 84 valence electrons. The molecule has 1 aliphatic heterocycles. The number of nitrogens with zero attached hydrogens (tertiary/aromatic N) is 1. The fraction of sp³-hybridized carbons (Fsp3) is 1.00. The third-order valence-electron chi connectivity index (χ3n) is 2.95. The van der Waals surface area contributed by atoms with Crippen LogP contribution in [0.5, 0.6) is 0 Å². The monoisotopic (exact) mass is 198 g/mol. The second kappa shape index (κ2) is 5.72. The maximum Gasteiger partial charge on any atom is 0.0252 e. The second-order valence-corrected chi connectivity index (χ2v) is 5.15. The molecule has 1 aliphatic rings. The molecule has 0 aromatic heterocycles. The average Bonchev–Trinajstić information content (AvgIpc) is 2.27. The fourth-order valence-electron chi connectivity index (χ4n) is 2.20. The Morgan fingerprint density at radius 3 is 2.79 bits per heavy atom. The van der Waals surface area contributed by atoms with E-state index in [-0.39, 0.29) is 0 Å². The van der Waals surface area contributed by atoms with Crippen LogP contribution in [0.3, 0.4) is 0 Å². The van der Waals surface area contributed by atoms with E-state index in [0.29, 0.717) is 5.54 Å².